The molecule has 1 heterocycles. The Balaban J connectivity index is 2.21. The first-order valence-electron chi connectivity index (χ1n) is 6.21. The van der Waals surface area contributed by atoms with Crippen molar-refractivity contribution >= 4 is 16.9 Å². The highest BCUT2D eigenvalue weighted by molar-refractivity contribution is 8.13. The monoisotopic (exact) mass is 243 g/mol. The van der Waals surface area contributed by atoms with Crippen LogP contribution in [-0.2, 0) is 0 Å². The Hall–Kier alpha value is -0.220. The van der Waals surface area contributed by atoms with Crippen LogP contribution in [0.2, 0.25) is 0 Å². The van der Waals surface area contributed by atoms with Crippen molar-refractivity contribution < 1.29 is 0 Å². The second-order valence-corrected chi connectivity index (χ2v) is 5.99. The summed E-state index contributed by atoms with van der Waals surface area (Å²) in [6.45, 7) is 14.3. The molecule has 3 nitrogen and oxygen atoms in total. The maximum atomic E-state index is 4.58. The van der Waals surface area contributed by atoms with Gasteiger partial charge in [-0.1, -0.05) is 39.5 Å². The molecule has 0 radical (unpaired) electrons. The minimum absolute atomic E-state index is 0.370. The fourth-order valence-corrected chi connectivity index (χ4v) is 2.59. The van der Waals surface area contributed by atoms with Crippen LogP contribution in [0, 0.1) is 5.41 Å². The topological polar surface area (TPSA) is 27.6 Å². The molecule has 1 rings (SSSR count). The van der Waals surface area contributed by atoms with Gasteiger partial charge >= 0.3 is 0 Å². The van der Waals surface area contributed by atoms with Crippen molar-refractivity contribution in [3.8, 4) is 0 Å². The lowest BCUT2D eigenvalue weighted by molar-refractivity contribution is 0.308. The van der Waals surface area contributed by atoms with E-state index in [1.54, 1.807) is 0 Å². The van der Waals surface area contributed by atoms with E-state index in [-0.39, 0.29) is 0 Å². The second-order valence-electron chi connectivity index (χ2n) is 5.03. The summed E-state index contributed by atoms with van der Waals surface area (Å²) in [7, 11) is 0. The lowest BCUT2D eigenvalue weighted by Crippen LogP contribution is -2.36. The summed E-state index contributed by atoms with van der Waals surface area (Å²) in [4.78, 5) is 7.00. The van der Waals surface area contributed by atoms with Crippen LogP contribution in [0.4, 0.5) is 0 Å². The highest BCUT2D eigenvalue weighted by Gasteiger charge is 2.22. The van der Waals surface area contributed by atoms with Crippen LogP contribution >= 0.6 is 11.8 Å². The molecule has 0 saturated carbocycles. The van der Waals surface area contributed by atoms with Crippen LogP contribution in [0.25, 0.3) is 0 Å². The number of likely N-dealkylation sites (N-methyl/N-ethyl adjacent to an activating group) is 1. The molecular formula is C12H25N3S. The van der Waals surface area contributed by atoms with Crippen molar-refractivity contribution in [2.75, 3.05) is 38.5 Å². The van der Waals surface area contributed by atoms with Gasteiger partial charge in [0.05, 0.1) is 0 Å². The first-order valence-corrected chi connectivity index (χ1v) is 7.19. The van der Waals surface area contributed by atoms with Gasteiger partial charge in [-0.2, -0.15) is 0 Å². The van der Waals surface area contributed by atoms with Gasteiger partial charge in [-0.05, 0) is 18.5 Å². The molecule has 1 aliphatic heterocycles. The van der Waals surface area contributed by atoms with Crippen LogP contribution in [0.15, 0.2) is 4.99 Å². The molecule has 0 bridgehead atoms. The average molecular weight is 243 g/mol. The molecule has 4 heteroatoms. The fraction of sp³-hybridized carbons (Fsp3) is 0.917. The second kappa shape index (κ2) is 6.50. The molecule has 1 N–H and O–H groups in total. The minimum Gasteiger partial charge on any atom is -0.364 e. The molecule has 0 atom stereocenters. The zero-order chi connectivity index (χ0) is 12.0. The predicted molar refractivity (Wildman–Crippen MR) is 74.3 cm³/mol. The van der Waals surface area contributed by atoms with E-state index in [0.717, 1.165) is 37.9 Å². The van der Waals surface area contributed by atoms with Crippen LogP contribution in [0.3, 0.4) is 0 Å². The van der Waals surface area contributed by atoms with Crippen molar-refractivity contribution in [2.24, 2.45) is 10.4 Å². The fourth-order valence-electron chi connectivity index (χ4n) is 1.61. The normalized spacial score (nSPS) is 19.7. The van der Waals surface area contributed by atoms with Crippen molar-refractivity contribution in [3.63, 3.8) is 0 Å². The van der Waals surface area contributed by atoms with Crippen LogP contribution in [-0.4, -0.2) is 48.5 Å². The Kier molecular flexibility index (Phi) is 5.62. The number of hydrogen-bond donors (Lipinski definition) is 1. The predicted octanol–water partition coefficient (Wildman–Crippen LogP) is 2.05. The van der Waals surface area contributed by atoms with E-state index in [0.29, 0.717) is 5.41 Å². The number of nitrogens with one attached hydrogen (secondary N) is 1. The molecule has 0 aromatic rings. The summed E-state index contributed by atoms with van der Waals surface area (Å²) >= 11 is 1.86. The van der Waals surface area contributed by atoms with Gasteiger partial charge in [0.2, 0.25) is 0 Å². The Morgan fingerprint density at radius 3 is 2.56 bits per heavy atom. The molecule has 0 unspecified atom stereocenters. The summed E-state index contributed by atoms with van der Waals surface area (Å²) in [5.74, 6) is 1.17. The van der Waals surface area contributed by atoms with E-state index in [2.05, 4.69) is 42.9 Å². The van der Waals surface area contributed by atoms with Crippen molar-refractivity contribution in [3.05, 3.63) is 0 Å². The summed E-state index contributed by atoms with van der Waals surface area (Å²) in [6, 6.07) is 0. The van der Waals surface area contributed by atoms with Gasteiger partial charge in [0.25, 0.3) is 0 Å². The Morgan fingerprint density at radius 2 is 2.06 bits per heavy atom. The van der Waals surface area contributed by atoms with Crippen molar-refractivity contribution in [1.82, 2.24) is 10.2 Å². The van der Waals surface area contributed by atoms with E-state index >= 15 is 0 Å². The van der Waals surface area contributed by atoms with Crippen LogP contribution < -0.4 is 5.32 Å². The van der Waals surface area contributed by atoms with Gasteiger partial charge in [0.15, 0.2) is 5.17 Å². The van der Waals surface area contributed by atoms with Crippen molar-refractivity contribution in [1.29, 1.82) is 0 Å². The lowest BCUT2D eigenvalue weighted by atomic mass is 9.97. The number of thioether (sulfide) groups is 1. The maximum Gasteiger partial charge on any atom is 0.156 e. The zero-order valence-corrected chi connectivity index (χ0v) is 11.9. The molecule has 0 aromatic heterocycles. The quantitative estimate of drug-likeness (QED) is 0.801. The van der Waals surface area contributed by atoms with E-state index in [1.807, 2.05) is 11.8 Å². The Labute approximate surface area is 104 Å². The molecule has 0 spiro atoms. The third kappa shape index (κ3) is 4.74. The summed E-state index contributed by atoms with van der Waals surface area (Å²) < 4.78 is 0. The van der Waals surface area contributed by atoms with E-state index in [4.69, 9.17) is 0 Å². The number of hydrogen-bond acceptors (Lipinski definition) is 4. The summed E-state index contributed by atoms with van der Waals surface area (Å²) in [5, 5.41) is 4.56. The van der Waals surface area contributed by atoms with Gasteiger partial charge in [0.1, 0.15) is 0 Å². The van der Waals surface area contributed by atoms with Gasteiger partial charge in [-0.3, -0.25) is 4.99 Å². The smallest absolute Gasteiger partial charge is 0.156 e. The summed E-state index contributed by atoms with van der Waals surface area (Å²) in [5.41, 5.74) is 0.370. The van der Waals surface area contributed by atoms with E-state index < -0.39 is 0 Å². The average Bonchev–Trinajstić information content (AvgIpc) is 2.26. The summed E-state index contributed by atoms with van der Waals surface area (Å²) in [6.07, 6.45) is 0. The first kappa shape index (κ1) is 13.8. The van der Waals surface area contributed by atoms with Gasteiger partial charge in [-0.15, -0.1) is 0 Å². The highest BCUT2D eigenvalue weighted by atomic mass is 32.2. The van der Waals surface area contributed by atoms with E-state index in [9.17, 15) is 0 Å². The first-order chi connectivity index (χ1) is 7.57. The molecule has 0 aromatic carbocycles. The van der Waals surface area contributed by atoms with Crippen LogP contribution in [0.5, 0.6) is 0 Å². The molecule has 1 aliphatic rings. The standard InChI is InChI=1S/C12H25N3S/c1-5-15(6-2)8-7-13-11-14-9-12(3,4)10-16-11/h5-10H2,1-4H3,(H,13,14). The van der Waals surface area contributed by atoms with Crippen LogP contribution in [0.1, 0.15) is 27.7 Å². The van der Waals surface area contributed by atoms with Gasteiger partial charge in [0, 0.05) is 25.4 Å². The molecular weight excluding hydrogens is 218 g/mol. The number of aliphatic imine (C=N–C) groups is 1. The third-order valence-corrected chi connectivity index (χ3v) is 4.32. The third-order valence-electron chi connectivity index (χ3n) is 2.85. The van der Waals surface area contributed by atoms with Gasteiger partial charge in [-0.25, -0.2) is 0 Å². The Bertz CT molecular complexity index is 234. The molecule has 0 amide bonds. The van der Waals surface area contributed by atoms with Crippen molar-refractivity contribution in [2.45, 2.75) is 27.7 Å². The van der Waals surface area contributed by atoms with Gasteiger partial charge < -0.3 is 10.2 Å². The Morgan fingerprint density at radius 1 is 1.38 bits per heavy atom. The molecule has 94 valence electrons. The largest absolute Gasteiger partial charge is 0.364 e. The molecule has 0 saturated heterocycles. The number of amidine groups is 1. The zero-order valence-electron chi connectivity index (χ0n) is 11.0. The van der Waals surface area contributed by atoms with E-state index in [1.165, 1.54) is 5.75 Å². The lowest BCUT2D eigenvalue weighted by Gasteiger charge is -2.27. The maximum absolute atomic E-state index is 4.58. The minimum atomic E-state index is 0.370. The molecule has 16 heavy (non-hydrogen) atoms. The molecule has 0 aliphatic carbocycles. The molecule has 0 fully saturated rings. The number of nitrogens with zero attached hydrogens (tertiary/aromatic N) is 2. The SMILES string of the molecule is CCN(CC)CCNC1=NCC(C)(C)CS1. The number of rotatable bonds is 5. The highest BCUT2D eigenvalue weighted by Crippen LogP contribution is 2.26.